The highest BCUT2D eigenvalue weighted by molar-refractivity contribution is 7.22. The van der Waals surface area contributed by atoms with E-state index in [1.165, 1.54) is 11.3 Å². The average Bonchev–Trinajstić information content (AvgIpc) is 2.65. The van der Waals surface area contributed by atoms with Crippen molar-refractivity contribution in [2.75, 3.05) is 0 Å². The maximum absolute atomic E-state index is 9.63. The quantitative estimate of drug-likeness (QED) is 0.802. The van der Waals surface area contributed by atoms with Gasteiger partial charge in [0, 0.05) is 0 Å². The van der Waals surface area contributed by atoms with Gasteiger partial charge in [-0.05, 0) is 17.7 Å². The van der Waals surface area contributed by atoms with Crippen LogP contribution in [0.1, 0.15) is 11.7 Å². The molecule has 4 nitrogen and oxygen atoms in total. The molecule has 82 valence electrons. The van der Waals surface area contributed by atoms with Crippen LogP contribution in [0.4, 0.5) is 0 Å². The molecular formula is C10H7ClN2O2S. The lowest BCUT2D eigenvalue weighted by molar-refractivity contribution is 0.0529. The lowest BCUT2D eigenvalue weighted by Gasteiger charge is -2.11. The summed E-state index contributed by atoms with van der Waals surface area (Å²) in [6.45, 7) is 0. The second-order valence-electron chi connectivity index (χ2n) is 3.21. The predicted octanol–water partition coefficient (Wildman–Crippen LogP) is 1.87. The summed E-state index contributed by atoms with van der Waals surface area (Å²) in [5.74, 6) is 0. The van der Waals surface area contributed by atoms with Crippen molar-refractivity contribution in [1.29, 1.82) is 5.26 Å². The van der Waals surface area contributed by atoms with E-state index in [4.69, 9.17) is 16.9 Å². The van der Waals surface area contributed by atoms with Crippen LogP contribution in [0.3, 0.4) is 0 Å². The number of aliphatic hydroxyl groups is 2. The molecule has 0 radical (unpaired) electrons. The minimum Gasteiger partial charge on any atom is -0.385 e. The Kier molecular flexibility index (Phi) is 3.08. The number of hydrogen-bond donors (Lipinski definition) is 2. The predicted molar refractivity (Wildman–Crippen MR) is 61.2 cm³/mol. The number of aromatic nitrogens is 1. The first-order chi connectivity index (χ1) is 7.61. The first-order valence-electron chi connectivity index (χ1n) is 4.43. The van der Waals surface area contributed by atoms with Gasteiger partial charge >= 0.3 is 0 Å². The van der Waals surface area contributed by atoms with Gasteiger partial charge in [-0.3, -0.25) is 0 Å². The fourth-order valence-electron chi connectivity index (χ4n) is 1.35. The lowest BCUT2D eigenvalue weighted by atomic mass is 10.1. The fraction of sp³-hybridized carbons (Fsp3) is 0.200. The molecule has 2 atom stereocenters. The highest BCUT2D eigenvalue weighted by Gasteiger charge is 2.18. The molecule has 1 heterocycles. The van der Waals surface area contributed by atoms with Gasteiger partial charge in [-0.2, -0.15) is 5.26 Å². The van der Waals surface area contributed by atoms with Gasteiger partial charge in [-0.1, -0.05) is 17.7 Å². The van der Waals surface area contributed by atoms with E-state index in [1.54, 1.807) is 24.3 Å². The highest BCUT2D eigenvalue weighted by atomic mass is 35.5. The normalized spacial score (nSPS) is 14.6. The van der Waals surface area contributed by atoms with Gasteiger partial charge in [0.05, 0.1) is 16.3 Å². The summed E-state index contributed by atoms with van der Waals surface area (Å²) >= 11 is 7.03. The minimum atomic E-state index is -1.43. The molecule has 0 aliphatic carbocycles. The molecule has 1 aromatic heterocycles. The van der Waals surface area contributed by atoms with E-state index < -0.39 is 12.2 Å². The van der Waals surface area contributed by atoms with E-state index in [9.17, 15) is 10.2 Å². The van der Waals surface area contributed by atoms with Crippen molar-refractivity contribution in [1.82, 2.24) is 4.98 Å². The summed E-state index contributed by atoms with van der Waals surface area (Å²) < 4.78 is 1.23. The molecule has 0 bridgehead atoms. The van der Waals surface area contributed by atoms with Crippen LogP contribution in [0, 0.1) is 11.3 Å². The number of aliphatic hydroxyl groups excluding tert-OH is 2. The van der Waals surface area contributed by atoms with E-state index in [1.807, 2.05) is 0 Å². The zero-order valence-electron chi connectivity index (χ0n) is 7.96. The van der Waals surface area contributed by atoms with E-state index >= 15 is 0 Å². The van der Waals surface area contributed by atoms with Crippen LogP contribution in [0.25, 0.3) is 10.2 Å². The number of halogens is 1. The van der Waals surface area contributed by atoms with E-state index in [2.05, 4.69) is 4.98 Å². The van der Waals surface area contributed by atoms with Crippen molar-refractivity contribution in [2.24, 2.45) is 0 Å². The second kappa shape index (κ2) is 4.36. The maximum Gasteiger partial charge on any atom is 0.184 e. The van der Waals surface area contributed by atoms with Gasteiger partial charge in [0.2, 0.25) is 0 Å². The van der Waals surface area contributed by atoms with Crippen LogP contribution >= 0.6 is 22.9 Å². The molecule has 0 fully saturated rings. The van der Waals surface area contributed by atoms with Gasteiger partial charge in [-0.25, -0.2) is 4.98 Å². The van der Waals surface area contributed by atoms with Crippen LogP contribution in [0.15, 0.2) is 18.2 Å². The molecule has 0 aliphatic heterocycles. The van der Waals surface area contributed by atoms with Crippen molar-refractivity contribution >= 4 is 33.2 Å². The first-order valence-corrected chi connectivity index (χ1v) is 5.63. The van der Waals surface area contributed by atoms with Crippen molar-refractivity contribution in [3.05, 3.63) is 28.2 Å². The number of fused-ring (bicyclic) bond motifs is 1. The summed E-state index contributed by atoms with van der Waals surface area (Å²) in [6, 6.07) is 6.56. The topological polar surface area (TPSA) is 77.1 Å². The number of nitriles is 1. The summed E-state index contributed by atoms with van der Waals surface area (Å²) in [4.78, 5) is 4.05. The summed E-state index contributed by atoms with van der Waals surface area (Å²) in [7, 11) is 0. The largest absolute Gasteiger partial charge is 0.385 e. The first kappa shape index (κ1) is 11.3. The van der Waals surface area contributed by atoms with Gasteiger partial charge in [-0.15, -0.1) is 11.3 Å². The number of thiazole rings is 1. The zero-order valence-corrected chi connectivity index (χ0v) is 9.53. The van der Waals surface area contributed by atoms with E-state index in [-0.39, 0.29) is 0 Å². The van der Waals surface area contributed by atoms with Crippen molar-refractivity contribution < 1.29 is 10.2 Å². The monoisotopic (exact) mass is 254 g/mol. The number of nitrogens with zero attached hydrogens (tertiary/aromatic N) is 2. The zero-order chi connectivity index (χ0) is 11.7. The second-order valence-corrected chi connectivity index (χ2v) is 4.83. The minimum absolute atomic E-state index is 0.419. The Morgan fingerprint density at radius 1 is 1.44 bits per heavy atom. The Morgan fingerprint density at radius 2 is 2.19 bits per heavy atom. The van der Waals surface area contributed by atoms with E-state index in [0.717, 1.165) is 10.2 Å². The Labute approximate surface area is 100 Å². The summed E-state index contributed by atoms with van der Waals surface area (Å²) in [5, 5.41) is 27.3. The molecule has 2 N–H and O–H groups in total. The van der Waals surface area contributed by atoms with Crippen molar-refractivity contribution in [2.45, 2.75) is 12.2 Å². The molecule has 16 heavy (non-hydrogen) atoms. The third-order valence-corrected chi connectivity index (χ3v) is 3.28. The smallest absolute Gasteiger partial charge is 0.184 e. The molecular weight excluding hydrogens is 248 g/mol. The van der Waals surface area contributed by atoms with Gasteiger partial charge in [0.15, 0.2) is 10.6 Å². The molecule has 0 saturated carbocycles. The molecule has 6 heteroatoms. The molecule has 0 aliphatic rings. The SMILES string of the molecule is N#CC(O)C(O)c1ccc2nc(Cl)sc2c1. The van der Waals surface area contributed by atoms with E-state index in [0.29, 0.717) is 10.0 Å². The molecule has 2 unspecified atom stereocenters. The van der Waals surface area contributed by atoms with Crippen LogP contribution in [0.5, 0.6) is 0 Å². The van der Waals surface area contributed by atoms with Crippen LogP contribution < -0.4 is 0 Å². The summed E-state index contributed by atoms with van der Waals surface area (Å²) in [6.07, 6.45) is -2.64. The standard InChI is InChI=1S/C10H7ClN2O2S/c11-10-13-6-2-1-5(3-8(6)16-10)9(15)7(14)4-12/h1-3,7,9,14-15H. The molecule has 0 amide bonds. The molecule has 2 aromatic rings. The number of benzene rings is 1. The van der Waals surface area contributed by atoms with Crippen molar-refractivity contribution in [3.63, 3.8) is 0 Å². The van der Waals surface area contributed by atoms with Gasteiger partial charge < -0.3 is 10.2 Å². The Balaban J connectivity index is 2.43. The van der Waals surface area contributed by atoms with Crippen LogP contribution in [-0.2, 0) is 0 Å². The Hall–Kier alpha value is -1.19. The fourth-order valence-corrected chi connectivity index (χ4v) is 2.43. The third-order valence-electron chi connectivity index (χ3n) is 2.16. The lowest BCUT2D eigenvalue weighted by Crippen LogP contribution is -2.15. The Bertz CT molecular complexity index is 563. The molecule has 0 spiro atoms. The maximum atomic E-state index is 9.63. The van der Waals surface area contributed by atoms with Gasteiger partial charge in [0.25, 0.3) is 0 Å². The number of rotatable bonds is 2. The van der Waals surface area contributed by atoms with Gasteiger partial charge in [0.1, 0.15) is 6.10 Å². The van der Waals surface area contributed by atoms with Crippen LogP contribution in [0.2, 0.25) is 4.47 Å². The third kappa shape index (κ3) is 2.01. The van der Waals surface area contributed by atoms with Crippen LogP contribution in [-0.4, -0.2) is 21.3 Å². The number of hydrogen-bond acceptors (Lipinski definition) is 5. The van der Waals surface area contributed by atoms with Crippen molar-refractivity contribution in [3.8, 4) is 6.07 Å². The molecule has 2 rings (SSSR count). The highest BCUT2D eigenvalue weighted by Crippen LogP contribution is 2.28. The Morgan fingerprint density at radius 3 is 2.88 bits per heavy atom. The molecule has 0 saturated heterocycles. The molecule has 1 aromatic carbocycles. The summed E-state index contributed by atoms with van der Waals surface area (Å²) in [5.41, 5.74) is 1.21. The average molecular weight is 255 g/mol.